The van der Waals surface area contributed by atoms with Crippen LogP contribution in [0.1, 0.15) is 6.42 Å². The van der Waals surface area contributed by atoms with Crippen molar-refractivity contribution in [2.45, 2.75) is 12.5 Å². The molecular formula is C13H13ClN4O. The molecule has 5 nitrogen and oxygen atoms in total. The minimum Gasteiger partial charge on any atom is -0.391 e. The third-order valence-electron chi connectivity index (χ3n) is 3.09. The minimum absolute atomic E-state index is 0.296. The molecule has 3 heterocycles. The van der Waals surface area contributed by atoms with E-state index in [9.17, 15) is 5.11 Å². The van der Waals surface area contributed by atoms with Gasteiger partial charge in [0.25, 0.3) is 0 Å². The van der Waals surface area contributed by atoms with E-state index in [0.29, 0.717) is 17.5 Å². The zero-order valence-corrected chi connectivity index (χ0v) is 11.0. The van der Waals surface area contributed by atoms with E-state index < -0.39 is 0 Å². The minimum atomic E-state index is -0.296. The van der Waals surface area contributed by atoms with Gasteiger partial charge in [0.15, 0.2) is 5.82 Å². The second-order valence-corrected chi connectivity index (χ2v) is 4.89. The summed E-state index contributed by atoms with van der Waals surface area (Å²) >= 11 is 6.05. The van der Waals surface area contributed by atoms with E-state index in [0.717, 1.165) is 24.3 Å². The summed E-state index contributed by atoms with van der Waals surface area (Å²) in [6, 6.07) is 5.44. The average Bonchev–Trinajstić information content (AvgIpc) is 2.86. The molecule has 1 fully saturated rings. The SMILES string of the molecule is OC1CCN(c2cc(Cl)nc(-c3cccnc3)n2)C1. The Morgan fingerprint density at radius 1 is 1.37 bits per heavy atom. The van der Waals surface area contributed by atoms with Gasteiger partial charge in [0.2, 0.25) is 0 Å². The first-order chi connectivity index (χ1) is 9.22. The summed E-state index contributed by atoms with van der Waals surface area (Å²) in [5, 5.41) is 9.98. The first kappa shape index (κ1) is 12.3. The van der Waals surface area contributed by atoms with Crippen molar-refractivity contribution in [1.82, 2.24) is 15.0 Å². The molecule has 2 aromatic heterocycles. The molecule has 1 saturated heterocycles. The summed E-state index contributed by atoms with van der Waals surface area (Å²) in [5.74, 6) is 1.30. The zero-order chi connectivity index (χ0) is 13.2. The highest BCUT2D eigenvalue weighted by molar-refractivity contribution is 6.29. The van der Waals surface area contributed by atoms with Crippen molar-refractivity contribution in [3.63, 3.8) is 0 Å². The van der Waals surface area contributed by atoms with Crippen molar-refractivity contribution in [1.29, 1.82) is 0 Å². The lowest BCUT2D eigenvalue weighted by molar-refractivity contribution is 0.198. The Morgan fingerprint density at radius 3 is 2.95 bits per heavy atom. The lowest BCUT2D eigenvalue weighted by atomic mass is 10.2. The second-order valence-electron chi connectivity index (χ2n) is 4.50. The molecule has 0 radical (unpaired) electrons. The van der Waals surface area contributed by atoms with E-state index >= 15 is 0 Å². The molecule has 1 N–H and O–H groups in total. The summed E-state index contributed by atoms with van der Waals surface area (Å²) < 4.78 is 0. The molecule has 98 valence electrons. The number of pyridine rings is 1. The first-order valence-corrected chi connectivity index (χ1v) is 6.48. The summed E-state index contributed by atoms with van der Waals surface area (Å²) in [7, 11) is 0. The van der Waals surface area contributed by atoms with Gasteiger partial charge in [-0.2, -0.15) is 0 Å². The molecule has 3 rings (SSSR count). The Morgan fingerprint density at radius 2 is 2.26 bits per heavy atom. The van der Waals surface area contributed by atoms with Crippen molar-refractivity contribution >= 4 is 17.4 Å². The van der Waals surface area contributed by atoms with E-state index in [4.69, 9.17) is 11.6 Å². The number of halogens is 1. The fourth-order valence-electron chi connectivity index (χ4n) is 2.14. The third kappa shape index (κ3) is 2.67. The van der Waals surface area contributed by atoms with Crippen molar-refractivity contribution < 1.29 is 5.11 Å². The van der Waals surface area contributed by atoms with Gasteiger partial charge in [0, 0.05) is 37.1 Å². The third-order valence-corrected chi connectivity index (χ3v) is 3.28. The zero-order valence-electron chi connectivity index (χ0n) is 10.2. The number of aliphatic hydroxyl groups excluding tert-OH is 1. The van der Waals surface area contributed by atoms with Crippen LogP contribution in [0, 0.1) is 0 Å². The van der Waals surface area contributed by atoms with Crippen LogP contribution in [-0.4, -0.2) is 39.3 Å². The highest BCUT2D eigenvalue weighted by Gasteiger charge is 2.22. The normalized spacial score (nSPS) is 18.8. The number of rotatable bonds is 2. The number of anilines is 1. The summed E-state index contributed by atoms with van der Waals surface area (Å²) in [6.45, 7) is 1.36. The van der Waals surface area contributed by atoms with E-state index in [2.05, 4.69) is 15.0 Å². The van der Waals surface area contributed by atoms with E-state index in [1.807, 2.05) is 17.0 Å². The molecule has 1 unspecified atom stereocenters. The Kier molecular flexibility index (Phi) is 3.31. The Bertz CT molecular complexity index is 578. The molecule has 0 bridgehead atoms. The molecule has 1 atom stereocenters. The Labute approximate surface area is 115 Å². The largest absolute Gasteiger partial charge is 0.391 e. The quantitative estimate of drug-likeness (QED) is 0.847. The van der Waals surface area contributed by atoms with Gasteiger partial charge >= 0.3 is 0 Å². The van der Waals surface area contributed by atoms with Gasteiger partial charge in [-0.1, -0.05) is 11.6 Å². The fourth-order valence-corrected chi connectivity index (χ4v) is 2.32. The van der Waals surface area contributed by atoms with Crippen LogP contribution in [0.15, 0.2) is 30.6 Å². The molecule has 1 aliphatic rings. The summed E-state index contributed by atoms with van der Waals surface area (Å²) in [6.07, 6.45) is 3.86. The van der Waals surface area contributed by atoms with Crippen LogP contribution >= 0.6 is 11.6 Å². The van der Waals surface area contributed by atoms with Crippen LogP contribution in [0.25, 0.3) is 11.4 Å². The van der Waals surface area contributed by atoms with Gasteiger partial charge in [-0.15, -0.1) is 0 Å². The van der Waals surface area contributed by atoms with Gasteiger partial charge < -0.3 is 10.0 Å². The van der Waals surface area contributed by atoms with Gasteiger partial charge in [0.05, 0.1) is 6.10 Å². The van der Waals surface area contributed by atoms with Crippen molar-refractivity contribution in [2.24, 2.45) is 0 Å². The molecule has 0 aliphatic carbocycles. The number of hydrogen-bond acceptors (Lipinski definition) is 5. The molecule has 2 aromatic rings. The highest BCUT2D eigenvalue weighted by Crippen LogP contribution is 2.24. The average molecular weight is 277 g/mol. The van der Waals surface area contributed by atoms with Gasteiger partial charge in [-0.25, -0.2) is 9.97 Å². The molecule has 6 heteroatoms. The molecule has 1 aliphatic heterocycles. The lowest BCUT2D eigenvalue weighted by Crippen LogP contribution is -2.22. The number of aliphatic hydroxyl groups is 1. The summed E-state index contributed by atoms with van der Waals surface area (Å²) in [5.41, 5.74) is 0.825. The Hall–Kier alpha value is -1.72. The Balaban J connectivity index is 1.97. The predicted octanol–water partition coefficient (Wildman–Crippen LogP) is 1.76. The van der Waals surface area contributed by atoms with E-state index in [1.165, 1.54) is 0 Å². The molecule has 0 spiro atoms. The van der Waals surface area contributed by atoms with E-state index in [1.54, 1.807) is 18.5 Å². The fraction of sp³-hybridized carbons (Fsp3) is 0.308. The summed E-state index contributed by atoms with van der Waals surface area (Å²) in [4.78, 5) is 14.8. The van der Waals surface area contributed by atoms with Crippen molar-refractivity contribution in [2.75, 3.05) is 18.0 Å². The number of aromatic nitrogens is 3. The maximum atomic E-state index is 9.59. The molecule has 19 heavy (non-hydrogen) atoms. The van der Waals surface area contributed by atoms with Gasteiger partial charge in [-0.05, 0) is 18.6 Å². The predicted molar refractivity (Wildman–Crippen MR) is 73.1 cm³/mol. The molecule has 0 aromatic carbocycles. The number of hydrogen-bond donors (Lipinski definition) is 1. The molecular weight excluding hydrogens is 264 g/mol. The smallest absolute Gasteiger partial charge is 0.164 e. The van der Waals surface area contributed by atoms with Crippen LogP contribution in [0.4, 0.5) is 5.82 Å². The van der Waals surface area contributed by atoms with Crippen LogP contribution in [0.3, 0.4) is 0 Å². The van der Waals surface area contributed by atoms with Crippen LogP contribution in [0.2, 0.25) is 5.15 Å². The monoisotopic (exact) mass is 276 g/mol. The first-order valence-electron chi connectivity index (χ1n) is 6.10. The molecule has 0 amide bonds. The number of nitrogens with zero attached hydrogens (tertiary/aromatic N) is 4. The standard InChI is InChI=1S/C13H13ClN4O/c14-11-6-12(18-5-3-10(19)8-18)17-13(16-11)9-2-1-4-15-7-9/h1-2,4,6-7,10,19H,3,5,8H2. The van der Waals surface area contributed by atoms with E-state index in [-0.39, 0.29) is 6.10 Å². The van der Waals surface area contributed by atoms with Gasteiger partial charge in [-0.3, -0.25) is 4.98 Å². The maximum absolute atomic E-state index is 9.59. The van der Waals surface area contributed by atoms with Crippen LogP contribution in [0.5, 0.6) is 0 Å². The van der Waals surface area contributed by atoms with Crippen LogP contribution in [-0.2, 0) is 0 Å². The topological polar surface area (TPSA) is 62.1 Å². The van der Waals surface area contributed by atoms with Gasteiger partial charge in [0.1, 0.15) is 11.0 Å². The maximum Gasteiger partial charge on any atom is 0.164 e. The lowest BCUT2D eigenvalue weighted by Gasteiger charge is -2.17. The second kappa shape index (κ2) is 5.11. The highest BCUT2D eigenvalue weighted by atomic mass is 35.5. The molecule has 0 saturated carbocycles. The van der Waals surface area contributed by atoms with Crippen molar-refractivity contribution in [3.05, 3.63) is 35.7 Å². The van der Waals surface area contributed by atoms with Crippen LogP contribution < -0.4 is 4.90 Å². The number of β-amino-alcohol motifs (C(OH)–C–C–N with tert-alkyl or cyclic N) is 1. The van der Waals surface area contributed by atoms with Crippen molar-refractivity contribution in [3.8, 4) is 11.4 Å².